The minimum atomic E-state index is -1.23. The van der Waals surface area contributed by atoms with Gasteiger partial charge in [0.15, 0.2) is 0 Å². The zero-order chi connectivity index (χ0) is 15.1. The highest BCUT2D eigenvalue weighted by atomic mass is 35.5. The van der Waals surface area contributed by atoms with Gasteiger partial charge in [0.25, 0.3) is 0 Å². The molecule has 0 aliphatic carbocycles. The maximum atomic E-state index is 14.2. The number of aromatic nitrogens is 2. The molecule has 0 aliphatic heterocycles. The Hall–Kier alpha value is -2.19. The van der Waals surface area contributed by atoms with Gasteiger partial charge in [0.2, 0.25) is 5.82 Å². The number of rotatable bonds is 2. The lowest BCUT2D eigenvalue weighted by atomic mass is 10.1. The molecule has 0 saturated carbocycles. The summed E-state index contributed by atoms with van der Waals surface area (Å²) in [7, 11) is 0. The van der Waals surface area contributed by atoms with Gasteiger partial charge < -0.3 is 0 Å². The van der Waals surface area contributed by atoms with Gasteiger partial charge in [-0.1, -0.05) is 11.6 Å². The molecule has 106 valence electrons. The fourth-order valence-electron chi connectivity index (χ4n) is 1.86. The molecular weight excluding hydrogens is 324 g/mol. The van der Waals surface area contributed by atoms with E-state index in [1.807, 2.05) is 0 Å². The summed E-state index contributed by atoms with van der Waals surface area (Å²) in [5.41, 5.74) is -0.843. The van der Waals surface area contributed by atoms with E-state index in [9.17, 15) is 18.9 Å². The summed E-state index contributed by atoms with van der Waals surface area (Å²) in [6.45, 7) is 0. The predicted octanol–water partition coefficient (Wildman–Crippen LogP) is 4.20. The number of fused-ring (bicyclic) bond motifs is 1. The number of thiophene rings is 1. The molecule has 0 aliphatic rings. The molecule has 2 heterocycles. The van der Waals surface area contributed by atoms with E-state index < -0.39 is 27.8 Å². The summed E-state index contributed by atoms with van der Waals surface area (Å²) in [5, 5.41) is 10.9. The standard InChI is InChI=1S/C12H4ClF2N3O2S/c13-12-11-6(16-4-17-12)3-8(21-11)9-5(14)1-2-7(10(9)15)18(19)20/h1-4H. The van der Waals surface area contributed by atoms with Crippen LogP contribution >= 0.6 is 22.9 Å². The molecule has 9 heteroatoms. The van der Waals surface area contributed by atoms with Crippen LogP contribution in [0.1, 0.15) is 0 Å². The molecule has 0 spiro atoms. The van der Waals surface area contributed by atoms with E-state index in [0.717, 1.165) is 23.5 Å². The van der Waals surface area contributed by atoms with Crippen molar-refractivity contribution in [2.75, 3.05) is 0 Å². The summed E-state index contributed by atoms with van der Waals surface area (Å²) < 4.78 is 28.5. The Kier molecular flexibility index (Phi) is 3.26. The third-order valence-corrected chi connectivity index (χ3v) is 4.33. The smallest absolute Gasteiger partial charge is 0.258 e. The maximum Gasteiger partial charge on any atom is 0.305 e. The average molecular weight is 328 g/mol. The van der Waals surface area contributed by atoms with Crippen molar-refractivity contribution in [3.63, 3.8) is 0 Å². The van der Waals surface area contributed by atoms with Gasteiger partial charge in [-0.3, -0.25) is 10.1 Å². The Bertz CT molecular complexity index is 884. The third-order valence-electron chi connectivity index (χ3n) is 2.78. The van der Waals surface area contributed by atoms with Gasteiger partial charge in [-0.25, -0.2) is 14.4 Å². The van der Waals surface area contributed by atoms with Gasteiger partial charge in [0, 0.05) is 10.9 Å². The topological polar surface area (TPSA) is 68.9 Å². The second-order valence-corrected chi connectivity index (χ2v) is 5.41. The van der Waals surface area contributed by atoms with Crippen LogP contribution in [0.15, 0.2) is 24.5 Å². The number of hydrogen-bond acceptors (Lipinski definition) is 5. The molecule has 0 N–H and O–H groups in total. The van der Waals surface area contributed by atoms with Gasteiger partial charge in [-0.05, 0) is 12.1 Å². The Labute approximate surface area is 125 Å². The summed E-state index contributed by atoms with van der Waals surface area (Å²) in [5.74, 6) is -2.12. The highest BCUT2D eigenvalue weighted by molar-refractivity contribution is 7.22. The average Bonchev–Trinajstić information content (AvgIpc) is 2.83. The molecule has 0 radical (unpaired) electrons. The molecule has 5 nitrogen and oxygen atoms in total. The van der Waals surface area contributed by atoms with Crippen molar-refractivity contribution >= 4 is 38.8 Å². The first-order valence-electron chi connectivity index (χ1n) is 5.52. The first kappa shape index (κ1) is 13.8. The number of nitrogens with zero attached hydrogens (tertiary/aromatic N) is 3. The molecule has 1 aromatic carbocycles. The van der Waals surface area contributed by atoms with Crippen molar-refractivity contribution in [2.45, 2.75) is 0 Å². The summed E-state index contributed by atoms with van der Waals surface area (Å²) >= 11 is 6.85. The summed E-state index contributed by atoms with van der Waals surface area (Å²) in [4.78, 5) is 17.7. The Morgan fingerprint density at radius 3 is 2.71 bits per heavy atom. The second-order valence-electron chi connectivity index (χ2n) is 4.00. The fraction of sp³-hybridized carbons (Fsp3) is 0. The number of nitro benzene ring substituents is 1. The Morgan fingerprint density at radius 2 is 2.05 bits per heavy atom. The lowest BCUT2D eigenvalue weighted by Crippen LogP contribution is -1.96. The van der Waals surface area contributed by atoms with Crippen LogP contribution in [0.3, 0.4) is 0 Å². The van der Waals surface area contributed by atoms with Gasteiger partial charge in [-0.15, -0.1) is 11.3 Å². The van der Waals surface area contributed by atoms with Gasteiger partial charge in [-0.2, -0.15) is 4.39 Å². The molecule has 0 amide bonds. The van der Waals surface area contributed by atoms with Crippen molar-refractivity contribution in [2.24, 2.45) is 0 Å². The van der Waals surface area contributed by atoms with Gasteiger partial charge in [0.05, 0.1) is 20.7 Å². The minimum Gasteiger partial charge on any atom is -0.258 e. The number of benzene rings is 1. The highest BCUT2D eigenvalue weighted by Gasteiger charge is 2.24. The van der Waals surface area contributed by atoms with Crippen LogP contribution in [0.25, 0.3) is 20.7 Å². The quantitative estimate of drug-likeness (QED) is 0.402. The zero-order valence-electron chi connectivity index (χ0n) is 10.0. The van der Waals surface area contributed by atoms with E-state index >= 15 is 0 Å². The second kappa shape index (κ2) is 4.97. The molecule has 0 bridgehead atoms. The van der Waals surface area contributed by atoms with Crippen molar-refractivity contribution in [3.05, 3.63) is 51.4 Å². The van der Waals surface area contributed by atoms with Crippen molar-refractivity contribution in [3.8, 4) is 10.4 Å². The number of hydrogen-bond donors (Lipinski definition) is 0. The van der Waals surface area contributed by atoms with E-state index in [2.05, 4.69) is 9.97 Å². The van der Waals surface area contributed by atoms with E-state index in [0.29, 0.717) is 10.2 Å². The zero-order valence-corrected chi connectivity index (χ0v) is 11.6. The van der Waals surface area contributed by atoms with Crippen LogP contribution in [0.5, 0.6) is 0 Å². The molecule has 2 aromatic heterocycles. The van der Waals surface area contributed by atoms with E-state index in [4.69, 9.17) is 11.6 Å². The molecule has 3 rings (SSSR count). The van der Waals surface area contributed by atoms with Crippen LogP contribution in [0.2, 0.25) is 5.15 Å². The predicted molar refractivity (Wildman–Crippen MR) is 74.4 cm³/mol. The monoisotopic (exact) mass is 327 g/mol. The van der Waals surface area contributed by atoms with Crippen molar-refractivity contribution < 1.29 is 13.7 Å². The van der Waals surface area contributed by atoms with E-state index in [1.54, 1.807) is 0 Å². The van der Waals surface area contributed by atoms with Crippen molar-refractivity contribution in [1.29, 1.82) is 0 Å². The maximum absolute atomic E-state index is 14.2. The van der Waals surface area contributed by atoms with Crippen LogP contribution in [0, 0.1) is 21.7 Å². The number of halogens is 3. The molecule has 0 fully saturated rings. The molecule has 21 heavy (non-hydrogen) atoms. The minimum absolute atomic E-state index is 0.155. The third kappa shape index (κ3) is 2.22. The first-order valence-corrected chi connectivity index (χ1v) is 6.71. The molecule has 0 unspecified atom stereocenters. The van der Waals surface area contributed by atoms with E-state index in [-0.39, 0.29) is 10.0 Å². The van der Waals surface area contributed by atoms with E-state index in [1.165, 1.54) is 12.4 Å². The number of nitro groups is 1. The lowest BCUT2D eigenvalue weighted by Gasteiger charge is -2.02. The lowest BCUT2D eigenvalue weighted by molar-refractivity contribution is -0.387. The molecule has 3 aromatic rings. The molecule has 0 atom stereocenters. The summed E-state index contributed by atoms with van der Waals surface area (Å²) in [6.07, 6.45) is 1.22. The van der Waals surface area contributed by atoms with Crippen LogP contribution in [-0.4, -0.2) is 14.9 Å². The first-order chi connectivity index (χ1) is 9.99. The Balaban J connectivity index is 2.30. The Morgan fingerprint density at radius 1 is 1.29 bits per heavy atom. The fourth-order valence-corrected chi connectivity index (χ4v) is 3.15. The highest BCUT2D eigenvalue weighted by Crippen LogP contribution is 2.39. The normalized spacial score (nSPS) is 11.0. The summed E-state index contributed by atoms with van der Waals surface area (Å²) in [6, 6.07) is 3.06. The van der Waals surface area contributed by atoms with Crippen molar-refractivity contribution in [1.82, 2.24) is 9.97 Å². The van der Waals surface area contributed by atoms with Gasteiger partial charge >= 0.3 is 5.69 Å². The van der Waals surface area contributed by atoms with Crippen LogP contribution < -0.4 is 0 Å². The largest absolute Gasteiger partial charge is 0.305 e. The van der Waals surface area contributed by atoms with Crippen LogP contribution in [0.4, 0.5) is 14.5 Å². The van der Waals surface area contributed by atoms with Crippen LogP contribution in [-0.2, 0) is 0 Å². The SMILES string of the molecule is O=[N+]([O-])c1ccc(F)c(-c2cc3ncnc(Cl)c3s2)c1F. The molecular formula is C12H4ClF2N3O2S. The van der Waals surface area contributed by atoms with Gasteiger partial charge in [0.1, 0.15) is 17.3 Å². The molecule has 0 saturated heterocycles.